The molecule has 0 aliphatic heterocycles. The summed E-state index contributed by atoms with van der Waals surface area (Å²) in [7, 11) is 0. The minimum atomic E-state index is -0.173. The molecule has 0 unspecified atom stereocenters. The zero-order valence-corrected chi connectivity index (χ0v) is 9.48. The Kier molecular flexibility index (Phi) is 5.07. The highest BCUT2D eigenvalue weighted by Crippen LogP contribution is 2.15. The van der Waals surface area contributed by atoms with E-state index in [4.69, 9.17) is 5.73 Å². The average molecular weight is 261 g/mol. The molecule has 0 aliphatic carbocycles. The lowest BCUT2D eigenvalue weighted by molar-refractivity contribution is 0.583. The molecule has 3 N–H and O–H groups in total. The Hall–Kier alpha value is -0.450. The first-order valence-electron chi connectivity index (χ1n) is 4.58. The van der Waals surface area contributed by atoms with Crippen LogP contribution in [0, 0.1) is 5.82 Å². The fourth-order valence-corrected chi connectivity index (χ4v) is 1.54. The van der Waals surface area contributed by atoms with E-state index in [-0.39, 0.29) is 5.82 Å². The van der Waals surface area contributed by atoms with Crippen molar-refractivity contribution in [1.82, 2.24) is 5.32 Å². The number of rotatable bonds is 5. The van der Waals surface area contributed by atoms with E-state index in [9.17, 15) is 4.39 Å². The van der Waals surface area contributed by atoms with Gasteiger partial charge in [0, 0.05) is 16.6 Å². The molecule has 14 heavy (non-hydrogen) atoms. The van der Waals surface area contributed by atoms with E-state index < -0.39 is 0 Å². The number of halogens is 2. The van der Waals surface area contributed by atoms with Gasteiger partial charge in [-0.1, -0.05) is 15.9 Å². The van der Waals surface area contributed by atoms with Crippen LogP contribution in [0.5, 0.6) is 0 Å². The maximum Gasteiger partial charge on any atom is 0.127 e. The van der Waals surface area contributed by atoms with Crippen LogP contribution in [-0.2, 0) is 6.54 Å². The third kappa shape index (κ3) is 3.74. The molecule has 0 bridgehead atoms. The lowest BCUT2D eigenvalue weighted by atomic mass is 10.2. The van der Waals surface area contributed by atoms with Crippen molar-refractivity contribution < 1.29 is 4.39 Å². The Morgan fingerprint density at radius 3 is 2.93 bits per heavy atom. The topological polar surface area (TPSA) is 38.0 Å². The van der Waals surface area contributed by atoms with Gasteiger partial charge < -0.3 is 11.1 Å². The van der Waals surface area contributed by atoms with Crippen molar-refractivity contribution in [2.45, 2.75) is 13.0 Å². The molecule has 4 heteroatoms. The summed E-state index contributed by atoms with van der Waals surface area (Å²) in [5.74, 6) is -0.173. The van der Waals surface area contributed by atoms with Gasteiger partial charge in [0.25, 0.3) is 0 Å². The molecule has 1 aromatic rings. The predicted octanol–water partition coefficient (Wildman–Crippen LogP) is 2.03. The third-order valence-corrected chi connectivity index (χ3v) is 2.37. The highest BCUT2D eigenvalue weighted by molar-refractivity contribution is 9.10. The van der Waals surface area contributed by atoms with Crippen molar-refractivity contribution in [2.75, 3.05) is 13.1 Å². The highest BCUT2D eigenvalue weighted by Gasteiger charge is 2.01. The van der Waals surface area contributed by atoms with Crippen LogP contribution in [0.2, 0.25) is 0 Å². The van der Waals surface area contributed by atoms with Crippen LogP contribution < -0.4 is 11.1 Å². The molecule has 78 valence electrons. The fraction of sp³-hybridized carbons (Fsp3) is 0.400. The van der Waals surface area contributed by atoms with Gasteiger partial charge in [0.2, 0.25) is 0 Å². The Bertz CT molecular complexity index is 291. The Labute approximate surface area is 91.8 Å². The van der Waals surface area contributed by atoms with Gasteiger partial charge in [-0.15, -0.1) is 0 Å². The summed E-state index contributed by atoms with van der Waals surface area (Å²) < 4.78 is 14.1. The highest BCUT2D eigenvalue weighted by atomic mass is 79.9. The molecule has 0 saturated carbocycles. The summed E-state index contributed by atoms with van der Waals surface area (Å²) in [5, 5.41) is 3.13. The second-order valence-electron chi connectivity index (χ2n) is 3.05. The Balaban J connectivity index is 2.45. The summed E-state index contributed by atoms with van der Waals surface area (Å²) in [6, 6.07) is 4.94. The molecule has 0 radical (unpaired) electrons. The van der Waals surface area contributed by atoms with Crippen molar-refractivity contribution in [2.24, 2.45) is 5.73 Å². The quantitative estimate of drug-likeness (QED) is 0.796. The van der Waals surface area contributed by atoms with Gasteiger partial charge in [0.1, 0.15) is 5.82 Å². The summed E-state index contributed by atoms with van der Waals surface area (Å²) >= 11 is 3.30. The van der Waals surface area contributed by atoms with E-state index in [1.165, 1.54) is 6.07 Å². The van der Waals surface area contributed by atoms with Crippen molar-refractivity contribution >= 4 is 15.9 Å². The zero-order chi connectivity index (χ0) is 10.4. The Morgan fingerprint density at radius 2 is 2.21 bits per heavy atom. The molecule has 1 aromatic carbocycles. The molecule has 2 nitrogen and oxygen atoms in total. The van der Waals surface area contributed by atoms with E-state index in [0.29, 0.717) is 18.7 Å². The predicted molar refractivity (Wildman–Crippen MR) is 59.5 cm³/mol. The lowest BCUT2D eigenvalue weighted by Crippen LogP contribution is -2.18. The number of benzene rings is 1. The number of nitrogens with one attached hydrogen (secondary N) is 1. The molecular formula is C10H14BrFN2. The maximum atomic E-state index is 13.2. The normalized spacial score (nSPS) is 10.5. The second-order valence-corrected chi connectivity index (χ2v) is 3.97. The molecule has 0 atom stereocenters. The molecule has 0 saturated heterocycles. The van der Waals surface area contributed by atoms with E-state index in [1.807, 2.05) is 0 Å². The third-order valence-electron chi connectivity index (χ3n) is 1.88. The van der Waals surface area contributed by atoms with E-state index in [1.54, 1.807) is 12.1 Å². The number of nitrogens with two attached hydrogens (primary N) is 1. The molecule has 0 aromatic heterocycles. The molecule has 0 heterocycles. The van der Waals surface area contributed by atoms with E-state index in [2.05, 4.69) is 21.2 Å². The summed E-state index contributed by atoms with van der Waals surface area (Å²) in [6.07, 6.45) is 0.912. The van der Waals surface area contributed by atoms with Crippen molar-refractivity contribution in [3.8, 4) is 0 Å². The van der Waals surface area contributed by atoms with Gasteiger partial charge in [-0.25, -0.2) is 4.39 Å². The molecule has 0 aliphatic rings. The smallest absolute Gasteiger partial charge is 0.127 e. The van der Waals surface area contributed by atoms with Crippen molar-refractivity contribution in [3.05, 3.63) is 34.1 Å². The molecule has 0 amide bonds. The molecule has 1 rings (SSSR count). The van der Waals surface area contributed by atoms with Crippen LogP contribution in [0.25, 0.3) is 0 Å². The van der Waals surface area contributed by atoms with Crippen molar-refractivity contribution in [3.63, 3.8) is 0 Å². The molecule has 0 spiro atoms. The van der Waals surface area contributed by atoms with Crippen molar-refractivity contribution in [1.29, 1.82) is 0 Å². The second kappa shape index (κ2) is 6.11. The average Bonchev–Trinajstić information content (AvgIpc) is 2.18. The van der Waals surface area contributed by atoms with Gasteiger partial charge in [0.05, 0.1) is 0 Å². The first kappa shape index (κ1) is 11.6. The number of hydrogen-bond donors (Lipinski definition) is 2. The first-order chi connectivity index (χ1) is 6.74. The van der Waals surface area contributed by atoms with Crippen LogP contribution >= 0.6 is 15.9 Å². The van der Waals surface area contributed by atoms with Gasteiger partial charge in [-0.3, -0.25) is 0 Å². The van der Waals surface area contributed by atoms with Gasteiger partial charge >= 0.3 is 0 Å². The van der Waals surface area contributed by atoms with Gasteiger partial charge in [-0.05, 0) is 37.7 Å². The standard InChI is InChI=1S/C10H14BrFN2/c11-9-2-3-10(12)8(6-9)7-14-5-1-4-13/h2-3,6,14H,1,4-5,7,13H2. The summed E-state index contributed by atoms with van der Waals surface area (Å²) in [4.78, 5) is 0. The minimum absolute atomic E-state index is 0.173. The van der Waals surface area contributed by atoms with E-state index >= 15 is 0 Å². The van der Waals surface area contributed by atoms with Gasteiger partial charge in [0.15, 0.2) is 0 Å². The fourth-order valence-electron chi connectivity index (χ4n) is 1.13. The van der Waals surface area contributed by atoms with Crippen LogP contribution in [0.15, 0.2) is 22.7 Å². The maximum absolute atomic E-state index is 13.2. The lowest BCUT2D eigenvalue weighted by Gasteiger charge is -2.05. The molecular weight excluding hydrogens is 247 g/mol. The summed E-state index contributed by atoms with van der Waals surface area (Å²) in [5.41, 5.74) is 6.02. The monoisotopic (exact) mass is 260 g/mol. The van der Waals surface area contributed by atoms with Crippen LogP contribution in [0.4, 0.5) is 4.39 Å². The van der Waals surface area contributed by atoms with Crippen LogP contribution in [-0.4, -0.2) is 13.1 Å². The Morgan fingerprint density at radius 1 is 1.43 bits per heavy atom. The van der Waals surface area contributed by atoms with E-state index in [0.717, 1.165) is 17.4 Å². The summed E-state index contributed by atoms with van der Waals surface area (Å²) in [6.45, 7) is 2.03. The minimum Gasteiger partial charge on any atom is -0.330 e. The molecule has 0 fully saturated rings. The van der Waals surface area contributed by atoms with Gasteiger partial charge in [-0.2, -0.15) is 0 Å². The zero-order valence-electron chi connectivity index (χ0n) is 7.89. The van der Waals surface area contributed by atoms with Crippen LogP contribution in [0.1, 0.15) is 12.0 Å². The number of hydrogen-bond acceptors (Lipinski definition) is 2. The largest absolute Gasteiger partial charge is 0.330 e. The SMILES string of the molecule is NCCCNCc1cc(Br)ccc1F. The first-order valence-corrected chi connectivity index (χ1v) is 5.38. The van der Waals surface area contributed by atoms with Crippen LogP contribution in [0.3, 0.4) is 0 Å².